The monoisotopic (exact) mass is 362 g/mol. The maximum atomic E-state index is 11.9. The lowest BCUT2D eigenvalue weighted by molar-refractivity contribution is 0.432. The van der Waals surface area contributed by atoms with E-state index in [9.17, 15) is 9.59 Å². The molecular weight excluding hydrogens is 351 g/mol. The quantitative estimate of drug-likeness (QED) is 0.726. The van der Waals surface area contributed by atoms with Gasteiger partial charge in [-0.3, -0.25) is 4.79 Å². The van der Waals surface area contributed by atoms with Crippen LogP contribution < -0.4 is 11.2 Å². The first kappa shape index (κ1) is 13.0. The fourth-order valence-corrected chi connectivity index (χ4v) is 2.17. The zero-order valence-corrected chi connectivity index (χ0v) is 12.0. The second-order valence-electron chi connectivity index (χ2n) is 3.70. The zero-order valence-electron chi connectivity index (χ0n) is 9.88. The van der Waals surface area contributed by atoms with Crippen LogP contribution in [0.3, 0.4) is 0 Å². The van der Waals surface area contributed by atoms with Gasteiger partial charge in [0.05, 0.1) is 3.57 Å². The molecule has 96 valence electrons. The van der Waals surface area contributed by atoms with E-state index in [1.807, 2.05) is 29.5 Å². The first-order valence-corrected chi connectivity index (χ1v) is 6.38. The predicted molar refractivity (Wildman–Crippen MR) is 71.4 cm³/mol. The summed E-state index contributed by atoms with van der Waals surface area (Å²) in [5, 5.41) is 7.59. The number of halogens is 1. The molecule has 0 N–H and O–H groups in total. The van der Waals surface area contributed by atoms with Crippen LogP contribution >= 0.6 is 22.6 Å². The Morgan fingerprint density at radius 2 is 2.00 bits per heavy atom. The van der Waals surface area contributed by atoms with Crippen molar-refractivity contribution >= 4 is 22.6 Å². The van der Waals surface area contributed by atoms with Gasteiger partial charge in [0.15, 0.2) is 0 Å². The molecule has 0 saturated heterocycles. The summed E-state index contributed by atoms with van der Waals surface area (Å²) in [5.41, 5.74) is -0.758. The average molecular weight is 362 g/mol. The molecule has 0 saturated carbocycles. The zero-order chi connectivity index (χ0) is 13.3. The van der Waals surface area contributed by atoms with Crippen LogP contribution in [-0.2, 0) is 20.0 Å². The van der Waals surface area contributed by atoms with Crippen LogP contribution in [0.2, 0.25) is 0 Å². The summed E-state index contributed by atoms with van der Waals surface area (Å²) in [6.07, 6.45) is 2.11. The molecule has 0 bridgehead atoms. The van der Waals surface area contributed by atoms with Crippen molar-refractivity contribution in [3.8, 4) is 0 Å². The molecule has 0 fully saturated rings. The normalized spacial score (nSPS) is 10.8. The van der Waals surface area contributed by atoms with E-state index in [4.69, 9.17) is 4.42 Å². The van der Waals surface area contributed by atoms with Gasteiger partial charge in [0.1, 0.15) is 6.54 Å². The second kappa shape index (κ2) is 5.04. The number of hydrogen-bond acceptors (Lipinski definition) is 5. The minimum atomic E-state index is -0.406. The molecule has 7 nitrogen and oxygen atoms in total. The van der Waals surface area contributed by atoms with Crippen LogP contribution in [0.4, 0.5) is 0 Å². The molecule has 0 aromatic carbocycles. The Labute approximate surface area is 116 Å². The van der Waals surface area contributed by atoms with Gasteiger partial charge in [0.25, 0.3) is 5.56 Å². The summed E-state index contributed by atoms with van der Waals surface area (Å²) in [7, 11) is 1.59. The largest absolute Gasteiger partial charge is 0.423 e. The van der Waals surface area contributed by atoms with Crippen molar-refractivity contribution < 1.29 is 4.42 Å². The molecular formula is C10H11IN4O3. The SMILES string of the molecule is CCc1nnc(Cn2c(=O)c(I)cn(C)c2=O)o1. The van der Waals surface area contributed by atoms with E-state index in [0.717, 1.165) is 4.57 Å². The molecule has 0 atom stereocenters. The molecule has 18 heavy (non-hydrogen) atoms. The summed E-state index contributed by atoms with van der Waals surface area (Å²) >= 11 is 1.89. The summed E-state index contributed by atoms with van der Waals surface area (Å²) in [6.45, 7) is 1.88. The van der Waals surface area contributed by atoms with E-state index in [1.54, 1.807) is 7.05 Å². The van der Waals surface area contributed by atoms with Crippen LogP contribution in [0.1, 0.15) is 18.7 Å². The average Bonchev–Trinajstić information content (AvgIpc) is 2.80. The number of aryl methyl sites for hydroxylation is 2. The van der Waals surface area contributed by atoms with Crippen LogP contribution in [0, 0.1) is 3.57 Å². The topological polar surface area (TPSA) is 82.9 Å². The maximum absolute atomic E-state index is 11.9. The molecule has 2 aromatic rings. The highest BCUT2D eigenvalue weighted by Gasteiger charge is 2.12. The third-order valence-electron chi connectivity index (χ3n) is 2.39. The lowest BCUT2D eigenvalue weighted by Gasteiger charge is -2.05. The van der Waals surface area contributed by atoms with E-state index in [2.05, 4.69) is 10.2 Å². The molecule has 2 heterocycles. The van der Waals surface area contributed by atoms with Crippen molar-refractivity contribution in [1.82, 2.24) is 19.3 Å². The van der Waals surface area contributed by atoms with Crippen molar-refractivity contribution in [3.63, 3.8) is 0 Å². The molecule has 2 rings (SSSR count). The Morgan fingerprint density at radius 3 is 2.61 bits per heavy atom. The van der Waals surface area contributed by atoms with E-state index < -0.39 is 5.69 Å². The van der Waals surface area contributed by atoms with E-state index in [0.29, 0.717) is 15.9 Å². The van der Waals surface area contributed by atoms with Crippen LogP contribution in [0.25, 0.3) is 0 Å². The molecule has 0 aliphatic carbocycles. The van der Waals surface area contributed by atoms with Crippen LogP contribution in [-0.4, -0.2) is 19.3 Å². The minimum Gasteiger partial charge on any atom is -0.423 e. The third kappa shape index (κ3) is 2.37. The lowest BCUT2D eigenvalue weighted by atomic mass is 10.5. The molecule has 2 aromatic heterocycles. The summed E-state index contributed by atoms with van der Waals surface area (Å²) in [5.74, 6) is 0.744. The molecule has 0 amide bonds. The van der Waals surface area contributed by atoms with Crippen molar-refractivity contribution in [2.75, 3.05) is 0 Å². The highest BCUT2D eigenvalue weighted by molar-refractivity contribution is 14.1. The number of hydrogen-bond donors (Lipinski definition) is 0. The second-order valence-corrected chi connectivity index (χ2v) is 4.87. The van der Waals surface area contributed by atoms with Crippen molar-refractivity contribution in [2.45, 2.75) is 19.9 Å². The summed E-state index contributed by atoms with van der Waals surface area (Å²) in [6, 6.07) is 0. The molecule has 0 radical (unpaired) electrons. The Kier molecular flexibility index (Phi) is 3.64. The maximum Gasteiger partial charge on any atom is 0.331 e. The smallest absolute Gasteiger partial charge is 0.331 e. The van der Waals surface area contributed by atoms with Crippen LogP contribution in [0.5, 0.6) is 0 Å². The van der Waals surface area contributed by atoms with E-state index in [-0.39, 0.29) is 18.0 Å². The van der Waals surface area contributed by atoms with Gasteiger partial charge >= 0.3 is 5.69 Å². The van der Waals surface area contributed by atoms with Crippen molar-refractivity contribution in [2.24, 2.45) is 7.05 Å². The van der Waals surface area contributed by atoms with E-state index >= 15 is 0 Å². The number of nitrogens with zero attached hydrogens (tertiary/aromatic N) is 4. The van der Waals surface area contributed by atoms with Crippen molar-refractivity contribution in [3.05, 3.63) is 42.4 Å². The Hall–Kier alpha value is -1.45. The Morgan fingerprint density at radius 1 is 1.33 bits per heavy atom. The molecule has 0 aliphatic rings. The Bertz CT molecular complexity index is 651. The third-order valence-corrected chi connectivity index (χ3v) is 3.13. The first-order chi connectivity index (χ1) is 8.52. The Balaban J connectivity index is 2.46. The minimum absolute atomic E-state index is 0.00461. The van der Waals surface area contributed by atoms with Gasteiger partial charge in [-0.15, -0.1) is 10.2 Å². The molecule has 0 spiro atoms. The highest BCUT2D eigenvalue weighted by atomic mass is 127. The fraction of sp³-hybridized carbons (Fsp3) is 0.400. The van der Waals surface area contributed by atoms with E-state index in [1.165, 1.54) is 10.8 Å². The lowest BCUT2D eigenvalue weighted by Crippen LogP contribution is -2.40. The van der Waals surface area contributed by atoms with Crippen molar-refractivity contribution in [1.29, 1.82) is 0 Å². The summed E-state index contributed by atoms with van der Waals surface area (Å²) < 4.78 is 8.18. The number of aromatic nitrogens is 4. The van der Waals surface area contributed by atoms with Gasteiger partial charge in [0.2, 0.25) is 11.8 Å². The molecule has 0 aliphatic heterocycles. The summed E-state index contributed by atoms with van der Waals surface area (Å²) in [4.78, 5) is 23.7. The number of rotatable bonds is 3. The van der Waals surface area contributed by atoms with Gasteiger partial charge < -0.3 is 8.98 Å². The van der Waals surface area contributed by atoms with Crippen LogP contribution in [0.15, 0.2) is 20.2 Å². The van der Waals surface area contributed by atoms with Gasteiger partial charge in [-0.1, -0.05) is 6.92 Å². The predicted octanol–water partition coefficient (Wildman–Crippen LogP) is 0.145. The molecule has 8 heteroatoms. The fourth-order valence-electron chi connectivity index (χ4n) is 1.46. The van der Waals surface area contributed by atoms with Gasteiger partial charge in [-0.05, 0) is 22.6 Å². The standard InChI is InChI=1S/C10H11IN4O3/c1-3-7-12-13-8(18-7)5-15-9(16)6(11)4-14(2)10(15)17/h4H,3,5H2,1-2H3. The first-order valence-electron chi connectivity index (χ1n) is 5.30. The van der Waals surface area contributed by atoms with Gasteiger partial charge in [0, 0.05) is 19.7 Å². The highest BCUT2D eigenvalue weighted by Crippen LogP contribution is 2.01. The molecule has 0 unspecified atom stereocenters. The van der Waals surface area contributed by atoms with Gasteiger partial charge in [-0.2, -0.15) is 0 Å². The van der Waals surface area contributed by atoms with Gasteiger partial charge in [-0.25, -0.2) is 9.36 Å².